The molecule has 0 bridgehead atoms. The Hall–Kier alpha value is -0.910. The second-order valence-corrected chi connectivity index (χ2v) is 7.87. The third kappa shape index (κ3) is 2.06. The molecule has 22 heavy (non-hydrogen) atoms. The molecule has 6 unspecified atom stereocenters. The van der Waals surface area contributed by atoms with Gasteiger partial charge in [0.05, 0.1) is 17.8 Å². The Labute approximate surface area is 130 Å². The molecule has 0 aromatic carbocycles. The summed E-state index contributed by atoms with van der Waals surface area (Å²) in [7, 11) is 0. The normalized spacial score (nSPS) is 47.1. The number of aliphatic hydroxyl groups is 3. The number of carboxylic acid groups (broad SMARTS) is 1. The van der Waals surface area contributed by atoms with E-state index in [2.05, 4.69) is 0 Å². The summed E-state index contributed by atoms with van der Waals surface area (Å²) in [6, 6.07) is 0. The summed E-state index contributed by atoms with van der Waals surface area (Å²) in [6.07, 6.45) is 3.18. The molecule has 0 saturated heterocycles. The maximum atomic E-state index is 11.5. The predicted molar refractivity (Wildman–Crippen MR) is 80.0 cm³/mol. The molecule has 0 aliphatic heterocycles. The van der Waals surface area contributed by atoms with Gasteiger partial charge in [-0.2, -0.15) is 0 Å². The zero-order valence-electron chi connectivity index (χ0n) is 13.2. The zero-order valence-corrected chi connectivity index (χ0v) is 13.2. The molecule has 3 rings (SSSR count). The lowest BCUT2D eigenvalue weighted by atomic mass is 9.50. The Balaban J connectivity index is 2.02. The quantitative estimate of drug-likeness (QED) is 0.548. The van der Waals surface area contributed by atoms with Gasteiger partial charge in [-0.05, 0) is 43.4 Å². The number of hydrogen-bond acceptors (Lipinski definition) is 4. The maximum Gasteiger partial charge on any atom is 0.313 e. The van der Waals surface area contributed by atoms with E-state index in [1.807, 2.05) is 19.9 Å². The van der Waals surface area contributed by atoms with Gasteiger partial charge in [0.25, 0.3) is 0 Å². The minimum atomic E-state index is -1.01. The number of aliphatic hydroxyl groups excluding tert-OH is 2. The van der Waals surface area contributed by atoms with E-state index in [1.54, 1.807) is 0 Å². The lowest BCUT2D eigenvalue weighted by Gasteiger charge is -2.58. The smallest absolute Gasteiger partial charge is 0.313 e. The van der Waals surface area contributed by atoms with E-state index in [-0.39, 0.29) is 11.8 Å². The number of allylic oxidation sites excluding steroid dienone is 1. The molecule has 0 spiro atoms. The summed E-state index contributed by atoms with van der Waals surface area (Å²) < 4.78 is 0. The standard InChI is InChI=1S/C17H26O5/c1-16(2)12-6-3-9-10(17(12,22)8-7-13(16)19)4-5-11(18)14(9)15(20)21/h3,10-14,18-19,22H,4-8H2,1-2H3,(H,20,21). The first-order chi connectivity index (χ1) is 10.2. The molecule has 5 nitrogen and oxygen atoms in total. The second kappa shape index (κ2) is 5.05. The number of rotatable bonds is 1. The first-order valence-corrected chi connectivity index (χ1v) is 8.21. The summed E-state index contributed by atoms with van der Waals surface area (Å²) >= 11 is 0. The van der Waals surface area contributed by atoms with Crippen LogP contribution in [0.4, 0.5) is 0 Å². The second-order valence-electron chi connectivity index (χ2n) is 7.87. The molecule has 0 radical (unpaired) electrons. The van der Waals surface area contributed by atoms with E-state index in [1.165, 1.54) is 0 Å². The Morgan fingerprint density at radius 3 is 2.55 bits per heavy atom. The van der Waals surface area contributed by atoms with Crippen molar-refractivity contribution >= 4 is 5.97 Å². The minimum absolute atomic E-state index is 0.0813. The van der Waals surface area contributed by atoms with Crippen LogP contribution in [0, 0.1) is 23.2 Å². The molecule has 0 aromatic heterocycles. The van der Waals surface area contributed by atoms with E-state index in [0.29, 0.717) is 37.7 Å². The van der Waals surface area contributed by atoms with Crippen molar-refractivity contribution in [3.05, 3.63) is 11.6 Å². The highest BCUT2D eigenvalue weighted by molar-refractivity contribution is 5.75. The highest BCUT2D eigenvalue weighted by atomic mass is 16.4. The van der Waals surface area contributed by atoms with Gasteiger partial charge in [-0.25, -0.2) is 0 Å². The van der Waals surface area contributed by atoms with Crippen molar-refractivity contribution in [3.63, 3.8) is 0 Å². The number of carbonyl (C=O) groups is 1. The SMILES string of the molecule is CC1(C)C(O)CCC2(O)C3CCC(O)C(C(=O)O)C3=CCC12. The van der Waals surface area contributed by atoms with Gasteiger partial charge in [-0.15, -0.1) is 0 Å². The molecular weight excluding hydrogens is 284 g/mol. The largest absolute Gasteiger partial charge is 0.481 e. The van der Waals surface area contributed by atoms with Crippen molar-refractivity contribution in [1.29, 1.82) is 0 Å². The lowest BCUT2D eigenvalue weighted by molar-refractivity contribution is -0.184. The van der Waals surface area contributed by atoms with Gasteiger partial charge in [0.1, 0.15) is 5.92 Å². The van der Waals surface area contributed by atoms with Crippen LogP contribution < -0.4 is 0 Å². The van der Waals surface area contributed by atoms with Crippen LogP contribution in [0.25, 0.3) is 0 Å². The molecule has 0 amide bonds. The summed E-state index contributed by atoms with van der Waals surface area (Å²) in [5, 5.41) is 41.2. The molecule has 3 aliphatic carbocycles. The van der Waals surface area contributed by atoms with E-state index < -0.39 is 35.1 Å². The van der Waals surface area contributed by atoms with Crippen LogP contribution in [-0.4, -0.2) is 44.2 Å². The molecule has 0 aromatic rings. The molecule has 4 N–H and O–H groups in total. The first-order valence-electron chi connectivity index (χ1n) is 8.21. The van der Waals surface area contributed by atoms with Crippen LogP contribution in [0.1, 0.15) is 46.0 Å². The topological polar surface area (TPSA) is 98.0 Å². The molecule has 2 fully saturated rings. The molecule has 0 heterocycles. The van der Waals surface area contributed by atoms with Gasteiger partial charge < -0.3 is 20.4 Å². The number of carboxylic acids is 1. The van der Waals surface area contributed by atoms with Crippen LogP contribution in [0.5, 0.6) is 0 Å². The average Bonchev–Trinajstić information content (AvgIpc) is 2.42. The fourth-order valence-corrected chi connectivity index (χ4v) is 5.19. The third-order valence-electron chi connectivity index (χ3n) is 6.53. The van der Waals surface area contributed by atoms with Crippen molar-refractivity contribution < 1.29 is 25.2 Å². The van der Waals surface area contributed by atoms with Crippen LogP contribution in [0.2, 0.25) is 0 Å². The fourth-order valence-electron chi connectivity index (χ4n) is 5.19. The minimum Gasteiger partial charge on any atom is -0.481 e. The monoisotopic (exact) mass is 310 g/mol. The summed E-state index contributed by atoms with van der Waals surface area (Å²) in [5.41, 5.74) is -0.679. The van der Waals surface area contributed by atoms with Gasteiger partial charge >= 0.3 is 5.97 Å². The van der Waals surface area contributed by atoms with Gasteiger partial charge in [-0.1, -0.05) is 25.5 Å². The molecular formula is C17H26O5. The molecule has 124 valence electrons. The maximum absolute atomic E-state index is 11.5. The highest BCUT2D eigenvalue weighted by Gasteiger charge is 2.59. The summed E-state index contributed by atoms with van der Waals surface area (Å²) in [5.74, 6) is -2.22. The fraction of sp³-hybridized carbons (Fsp3) is 0.824. The van der Waals surface area contributed by atoms with E-state index in [0.717, 1.165) is 0 Å². The van der Waals surface area contributed by atoms with Crippen molar-refractivity contribution in [2.75, 3.05) is 0 Å². The van der Waals surface area contributed by atoms with Crippen LogP contribution in [0.15, 0.2) is 11.6 Å². The Kier molecular flexibility index (Phi) is 3.66. The lowest BCUT2D eigenvalue weighted by Crippen LogP contribution is -2.61. The Morgan fingerprint density at radius 1 is 1.23 bits per heavy atom. The van der Waals surface area contributed by atoms with Gasteiger partial charge in [0.15, 0.2) is 0 Å². The predicted octanol–water partition coefficient (Wildman–Crippen LogP) is 1.32. The Morgan fingerprint density at radius 2 is 1.91 bits per heavy atom. The van der Waals surface area contributed by atoms with Gasteiger partial charge in [0.2, 0.25) is 0 Å². The molecule has 2 saturated carbocycles. The first kappa shape index (κ1) is 16.0. The molecule has 5 heteroatoms. The number of aliphatic carboxylic acids is 1. The van der Waals surface area contributed by atoms with Crippen LogP contribution in [0.3, 0.4) is 0 Å². The highest BCUT2D eigenvalue weighted by Crippen LogP contribution is 2.58. The summed E-state index contributed by atoms with van der Waals surface area (Å²) in [6.45, 7) is 3.97. The molecule has 6 atom stereocenters. The average molecular weight is 310 g/mol. The Bertz CT molecular complexity index is 511. The van der Waals surface area contributed by atoms with E-state index >= 15 is 0 Å². The van der Waals surface area contributed by atoms with E-state index in [4.69, 9.17) is 0 Å². The number of hydrogen-bond donors (Lipinski definition) is 4. The van der Waals surface area contributed by atoms with E-state index in [9.17, 15) is 25.2 Å². The molecule has 3 aliphatic rings. The zero-order chi connectivity index (χ0) is 16.3. The van der Waals surface area contributed by atoms with Crippen molar-refractivity contribution in [2.45, 2.75) is 63.8 Å². The van der Waals surface area contributed by atoms with Gasteiger partial charge in [-0.3, -0.25) is 4.79 Å². The van der Waals surface area contributed by atoms with Gasteiger partial charge in [0, 0.05) is 5.92 Å². The van der Waals surface area contributed by atoms with Crippen LogP contribution in [-0.2, 0) is 4.79 Å². The van der Waals surface area contributed by atoms with Crippen LogP contribution >= 0.6 is 0 Å². The van der Waals surface area contributed by atoms with Crippen molar-refractivity contribution in [2.24, 2.45) is 23.2 Å². The third-order valence-corrected chi connectivity index (χ3v) is 6.53. The number of fused-ring (bicyclic) bond motifs is 3. The summed E-state index contributed by atoms with van der Waals surface area (Å²) in [4.78, 5) is 11.5. The van der Waals surface area contributed by atoms with Crippen molar-refractivity contribution in [1.82, 2.24) is 0 Å². The van der Waals surface area contributed by atoms with Crippen molar-refractivity contribution in [3.8, 4) is 0 Å².